The van der Waals surface area contributed by atoms with Gasteiger partial charge >= 0.3 is 18.5 Å². The number of anilines is 5. The maximum Gasteiger partial charge on any atom is 0.536 e. The summed E-state index contributed by atoms with van der Waals surface area (Å²) in [4.78, 5) is 54.1. The summed E-state index contributed by atoms with van der Waals surface area (Å²) in [6.45, 7) is 9.15. The Labute approximate surface area is 253 Å². The van der Waals surface area contributed by atoms with Crippen LogP contribution in [0.3, 0.4) is 0 Å². The highest BCUT2D eigenvalue weighted by atomic mass is 19.4. The molecule has 1 heterocycles. The van der Waals surface area contributed by atoms with E-state index < -0.39 is 63.4 Å². The summed E-state index contributed by atoms with van der Waals surface area (Å²) < 4.78 is 63.4. The third kappa shape index (κ3) is 10.7. The second-order valence-electron chi connectivity index (χ2n) is 11.0. The summed E-state index contributed by atoms with van der Waals surface area (Å²) in [6.07, 6.45) is -7.33. The van der Waals surface area contributed by atoms with Crippen molar-refractivity contribution in [3.05, 3.63) is 70.0 Å². The van der Waals surface area contributed by atoms with E-state index in [1.54, 1.807) is 0 Å². The van der Waals surface area contributed by atoms with Crippen molar-refractivity contribution in [2.75, 3.05) is 15.9 Å². The Balaban J connectivity index is 2.11. The number of benzene rings is 2. The number of nitro groups is 1. The van der Waals surface area contributed by atoms with E-state index in [4.69, 9.17) is 19.1 Å². The highest BCUT2D eigenvalue weighted by Gasteiger charge is 2.31. The predicted molar refractivity (Wildman–Crippen MR) is 150 cm³/mol. The van der Waals surface area contributed by atoms with Crippen molar-refractivity contribution in [2.24, 2.45) is 0 Å². The lowest BCUT2D eigenvalue weighted by Gasteiger charge is -2.25. The number of nitrogens with one attached hydrogen (secondary N) is 2. The molecular weight excluding hydrogens is 612 g/mol. The number of halogens is 4. The van der Waals surface area contributed by atoms with Gasteiger partial charge in [-0.15, -0.1) is 0 Å². The van der Waals surface area contributed by atoms with Gasteiger partial charge in [-0.1, -0.05) is 0 Å². The third-order valence-corrected chi connectivity index (χ3v) is 4.88. The quantitative estimate of drug-likeness (QED) is 0.107. The van der Waals surface area contributed by atoms with E-state index in [9.17, 15) is 37.3 Å². The Bertz CT molecular complexity index is 1530. The molecule has 14 nitrogen and oxygen atoms in total. The summed E-state index contributed by atoms with van der Waals surface area (Å²) in [5, 5.41) is 16.9. The summed E-state index contributed by atoms with van der Waals surface area (Å²) in [6, 6.07) is 7.24. The van der Waals surface area contributed by atoms with Crippen LogP contribution < -0.4 is 15.9 Å². The van der Waals surface area contributed by atoms with E-state index in [0.29, 0.717) is 0 Å². The van der Waals surface area contributed by atoms with Crippen molar-refractivity contribution in [1.82, 2.24) is 9.97 Å². The van der Waals surface area contributed by atoms with Crippen molar-refractivity contribution in [3.63, 3.8) is 0 Å². The molecule has 0 aliphatic heterocycles. The lowest BCUT2D eigenvalue weighted by Crippen LogP contribution is -2.36. The molecule has 2 aromatic carbocycles. The molecule has 0 fully saturated rings. The maximum absolute atomic E-state index is 14.0. The summed E-state index contributed by atoms with van der Waals surface area (Å²) in [5.41, 5.74) is -3.92. The third-order valence-electron chi connectivity index (χ3n) is 4.88. The minimum absolute atomic E-state index is 0.0514. The molecule has 242 valence electrons. The SMILES string of the molecule is CC(C)(C)OC(=O)ON(OC(=O)OC(C)(C)C)c1cc(Nc2cc(F)ccc2[N+](=O)[O-])nc(Nc2ccc(C(F)(F)F)cc2)n1. The molecule has 0 amide bonds. The number of ether oxygens (including phenoxy) is 2. The molecule has 0 radical (unpaired) electrons. The van der Waals surface area contributed by atoms with Crippen LogP contribution in [0.4, 0.5) is 61.8 Å². The van der Waals surface area contributed by atoms with Crippen LogP contribution >= 0.6 is 0 Å². The zero-order valence-electron chi connectivity index (χ0n) is 24.7. The second-order valence-corrected chi connectivity index (χ2v) is 11.0. The van der Waals surface area contributed by atoms with Gasteiger partial charge in [-0.2, -0.15) is 23.1 Å². The zero-order chi connectivity index (χ0) is 33.7. The van der Waals surface area contributed by atoms with Crippen LogP contribution in [0.1, 0.15) is 47.1 Å². The monoisotopic (exact) mass is 640 g/mol. The average molecular weight is 641 g/mol. The van der Waals surface area contributed by atoms with Crippen LogP contribution in [0, 0.1) is 15.9 Å². The molecule has 0 aliphatic rings. The molecule has 0 atom stereocenters. The van der Waals surface area contributed by atoms with Gasteiger partial charge in [0.1, 0.15) is 28.5 Å². The first-order chi connectivity index (χ1) is 20.7. The molecule has 0 saturated carbocycles. The van der Waals surface area contributed by atoms with Crippen LogP contribution in [0.15, 0.2) is 48.5 Å². The number of nitrogens with zero attached hydrogens (tertiary/aromatic N) is 4. The molecule has 3 rings (SSSR count). The number of nitro benzene ring substituents is 1. The van der Waals surface area contributed by atoms with E-state index in [0.717, 1.165) is 48.5 Å². The highest BCUT2D eigenvalue weighted by molar-refractivity contribution is 5.71. The van der Waals surface area contributed by atoms with Crippen molar-refractivity contribution < 1.29 is 51.2 Å². The maximum atomic E-state index is 14.0. The molecule has 3 aromatic rings. The first kappa shape index (κ1) is 34.1. The van der Waals surface area contributed by atoms with Gasteiger partial charge < -0.3 is 20.1 Å². The Morgan fingerprint density at radius 1 is 0.844 bits per heavy atom. The largest absolute Gasteiger partial charge is 0.536 e. The fourth-order valence-corrected chi connectivity index (χ4v) is 3.21. The van der Waals surface area contributed by atoms with Gasteiger partial charge in [0.05, 0.1) is 10.5 Å². The lowest BCUT2D eigenvalue weighted by atomic mass is 10.2. The lowest BCUT2D eigenvalue weighted by molar-refractivity contribution is -0.384. The van der Waals surface area contributed by atoms with E-state index in [2.05, 4.69) is 20.6 Å². The normalized spacial score (nSPS) is 11.7. The van der Waals surface area contributed by atoms with Crippen molar-refractivity contribution >= 4 is 47.0 Å². The molecule has 0 unspecified atom stereocenters. The smallest absolute Gasteiger partial charge is 0.427 e. The molecule has 0 saturated heterocycles. The Morgan fingerprint density at radius 3 is 1.89 bits per heavy atom. The number of carbonyl (C=O) groups is 2. The van der Waals surface area contributed by atoms with Crippen LogP contribution in [-0.4, -0.2) is 38.4 Å². The number of alkyl halides is 3. The number of carbonyl (C=O) groups excluding carboxylic acids is 2. The number of rotatable bonds is 8. The topological polar surface area (TPSA) is 167 Å². The molecule has 45 heavy (non-hydrogen) atoms. The van der Waals surface area contributed by atoms with E-state index in [-0.39, 0.29) is 22.4 Å². The van der Waals surface area contributed by atoms with Crippen LogP contribution in [-0.2, 0) is 25.3 Å². The minimum Gasteiger partial charge on any atom is -0.427 e. The molecular formula is C27H28F4N6O8. The van der Waals surface area contributed by atoms with Gasteiger partial charge in [-0.25, -0.2) is 14.0 Å². The molecule has 1 aromatic heterocycles. The molecule has 0 bridgehead atoms. The van der Waals surface area contributed by atoms with E-state index in [1.807, 2.05) is 0 Å². The first-order valence-corrected chi connectivity index (χ1v) is 12.8. The van der Waals surface area contributed by atoms with Gasteiger partial charge in [0.2, 0.25) is 11.8 Å². The van der Waals surface area contributed by atoms with Crippen LogP contribution in [0.2, 0.25) is 0 Å². The van der Waals surface area contributed by atoms with Crippen LogP contribution in [0.5, 0.6) is 0 Å². The van der Waals surface area contributed by atoms with Gasteiger partial charge in [0, 0.05) is 23.9 Å². The van der Waals surface area contributed by atoms with Gasteiger partial charge in [0.25, 0.3) is 5.69 Å². The summed E-state index contributed by atoms with van der Waals surface area (Å²) in [5.74, 6) is -2.09. The Hall–Kier alpha value is -5.42. The zero-order valence-corrected chi connectivity index (χ0v) is 24.7. The standard InChI is InChI=1S/C27H28F4N6O8/c1-25(2,3)42-23(38)44-37(45-24(39)43-26(4,5)6)21-14-20(33-18-13-16(28)9-12-19(18)36(40)41)34-22(35-21)32-17-10-7-15(8-11-17)27(29,30)31/h7-14H,1-6H3,(H2,32,33,34,35). The number of hydrogen-bond acceptors (Lipinski definition) is 13. The van der Waals surface area contributed by atoms with Crippen molar-refractivity contribution in [2.45, 2.75) is 58.9 Å². The van der Waals surface area contributed by atoms with Crippen molar-refractivity contribution in [3.8, 4) is 0 Å². The predicted octanol–water partition coefficient (Wildman–Crippen LogP) is 7.57. The Kier molecular flexibility index (Phi) is 9.89. The highest BCUT2D eigenvalue weighted by Crippen LogP contribution is 2.32. The minimum atomic E-state index is -4.61. The molecule has 2 N–H and O–H groups in total. The van der Waals surface area contributed by atoms with Crippen molar-refractivity contribution in [1.29, 1.82) is 0 Å². The fourth-order valence-electron chi connectivity index (χ4n) is 3.21. The summed E-state index contributed by atoms with van der Waals surface area (Å²) >= 11 is 0. The van der Waals surface area contributed by atoms with E-state index >= 15 is 0 Å². The van der Waals surface area contributed by atoms with Gasteiger partial charge in [0.15, 0.2) is 0 Å². The van der Waals surface area contributed by atoms with Gasteiger partial charge in [-0.3, -0.25) is 19.8 Å². The first-order valence-electron chi connectivity index (χ1n) is 12.8. The molecule has 18 heteroatoms. The summed E-state index contributed by atoms with van der Waals surface area (Å²) in [7, 11) is 0. The second kappa shape index (κ2) is 13.1. The molecule has 0 aliphatic carbocycles. The Morgan fingerprint density at radius 2 is 1.40 bits per heavy atom. The molecule has 0 spiro atoms. The van der Waals surface area contributed by atoms with Crippen LogP contribution in [0.25, 0.3) is 0 Å². The van der Waals surface area contributed by atoms with Gasteiger partial charge in [-0.05, 0) is 77.1 Å². The number of aromatic nitrogens is 2. The fraction of sp³-hybridized carbons (Fsp3) is 0.333. The van der Waals surface area contributed by atoms with E-state index in [1.165, 1.54) is 41.5 Å². The number of hydrogen-bond donors (Lipinski definition) is 2. The average Bonchev–Trinajstić information content (AvgIpc) is 2.85.